The summed E-state index contributed by atoms with van der Waals surface area (Å²) >= 11 is 0. The third-order valence-electron chi connectivity index (χ3n) is 5.04. The van der Waals surface area contributed by atoms with E-state index in [1.807, 2.05) is 30.3 Å². The van der Waals surface area contributed by atoms with E-state index in [2.05, 4.69) is 10.6 Å². The minimum Gasteiger partial charge on any atom is -0.452 e. The Morgan fingerprint density at radius 2 is 1.35 bits per heavy atom. The van der Waals surface area contributed by atoms with Gasteiger partial charge in [0, 0.05) is 6.54 Å². The number of esters is 1. The molecule has 4 rings (SSSR count). The number of urea groups is 1. The van der Waals surface area contributed by atoms with Crippen molar-refractivity contribution in [1.29, 1.82) is 0 Å². The number of carbonyl (C=O) groups excluding carboxylic acids is 5. The number of carbonyl (C=O) groups is 5. The molecule has 2 N–H and O–H groups in total. The summed E-state index contributed by atoms with van der Waals surface area (Å²) in [5, 5.41) is 4.60. The molecule has 0 saturated carbocycles. The van der Waals surface area contributed by atoms with Crippen LogP contribution in [0.3, 0.4) is 0 Å². The predicted octanol–water partition coefficient (Wildman–Crippen LogP) is 2.67. The molecule has 3 aromatic rings. The van der Waals surface area contributed by atoms with Crippen molar-refractivity contribution in [2.24, 2.45) is 0 Å². The van der Waals surface area contributed by atoms with Gasteiger partial charge in [-0.1, -0.05) is 42.5 Å². The molecule has 34 heavy (non-hydrogen) atoms. The lowest BCUT2D eigenvalue weighted by Crippen LogP contribution is -2.41. The molecule has 0 radical (unpaired) electrons. The largest absolute Gasteiger partial charge is 0.452 e. The fourth-order valence-corrected chi connectivity index (χ4v) is 3.37. The van der Waals surface area contributed by atoms with Crippen LogP contribution in [-0.2, 0) is 16.1 Å². The summed E-state index contributed by atoms with van der Waals surface area (Å²) in [6.07, 6.45) is 0. The van der Waals surface area contributed by atoms with Gasteiger partial charge in [-0.25, -0.2) is 14.5 Å². The highest BCUT2D eigenvalue weighted by molar-refractivity contribution is 6.34. The second-order valence-electron chi connectivity index (χ2n) is 7.33. The standard InChI is InChI=1S/C25H19N3O6/c29-21(27-25(33)26-14-16-6-2-1-3-7-16)15-34-24(32)17-10-12-18(13-11-17)28-22(30)19-8-4-5-9-20(19)23(28)31/h1-13H,14-15H2,(H2,26,27,29,33). The van der Waals surface area contributed by atoms with Crippen LogP contribution >= 0.6 is 0 Å². The Bertz CT molecular complexity index is 1240. The van der Waals surface area contributed by atoms with Crippen LogP contribution in [0.1, 0.15) is 36.6 Å². The van der Waals surface area contributed by atoms with Gasteiger partial charge in [0.2, 0.25) is 0 Å². The van der Waals surface area contributed by atoms with E-state index in [0.29, 0.717) is 16.8 Å². The number of fused-ring (bicyclic) bond motifs is 1. The van der Waals surface area contributed by atoms with E-state index in [0.717, 1.165) is 10.5 Å². The number of hydrogen-bond donors (Lipinski definition) is 2. The monoisotopic (exact) mass is 457 g/mol. The van der Waals surface area contributed by atoms with Gasteiger partial charge in [0.25, 0.3) is 17.7 Å². The van der Waals surface area contributed by atoms with Crippen LogP contribution in [0.25, 0.3) is 0 Å². The molecule has 0 aliphatic carbocycles. The number of ether oxygens (including phenoxy) is 1. The summed E-state index contributed by atoms with van der Waals surface area (Å²) in [6.45, 7) is -0.420. The molecule has 1 aliphatic heterocycles. The highest BCUT2D eigenvalue weighted by Crippen LogP contribution is 2.28. The molecule has 0 bridgehead atoms. The van der Waals surface area contributed by atoms with Crippen molar-refractivity contribution in [3.63, 3.8) is 0 Å². The molecule has 1 heterocycles. The van der Waals surface area contributed by atoms with Crippen LogP contribution in [0, 0.1) is 0 Å². The van der Waals surface area contributed by atoms with Crippen LogP contribution in [0.15, 0.2) is 78.9 Å². The first-order valence-corrected chi connectivity index (χ1v) is 10.3. The molecule has 0 aromatic heterocycles. The van der Waals surface area contributed by atoms with E-state index >= 15 is 0 Å². The smallest absolute Gasteiger partial charge is 0.338 e. The maximum Gasteiger partial charge on any atom is 0.338 e. The molecule has 0 saturated heterocycles. The lowest BCUT2D eigenvalue weighted by Gasteiger charge is -2.14. The first kappa shape index (κ1) is 22.4. The number of nitrogens with one attached hydrogen (secondary N) is 2. The van der Waals surface area contributed by atoms with E-state index in [1.54, 1.807) is 24.3 Å². The van der Waals surface area contributed by atoms with Gasteiger partial charge in [0.15, 0.2) is 6.61 Å². The summed E-state index contributed by atoms with van der Waals surface area (Å²) in [7, 11) is 0. The molecule has 0 fully saturated rings. The molecule has 9 nitrogen and oxygen atoms in total. The molecular formula is C25H19N3O6. The molecule has 3 aromatic carbocycles. The number of imide groups is 2. The van der Waals surface area contributed by atoms with Gasteiger partial charge in [-0.3, -0.25) is 19.7 Å². The number of rotatable bonds is 6. The van der Waals surface area contributed by atoms with Gasteiger partial charge >= 0.3 is 12.0 Å². The molecule has 0 atom stereocenters. The molecule has 170 valence electrons. The fraction of sp³-hybridized carbons (Fsp3) is 0.0800. The maximum atomic E-state index is 12.6. The van der Waals surface area contributed by atoms with Gasteiger partial charge in [-0.15, -0.1) is 0 Å². The summed E-state index contributed by atoms with van der Waals surface area (Å²) in [6, 6.07) is 20.6. The third kappa shape index (κ3) is 4.83. The summed E-state index contributed by atoms with van der Waals surface area (Å²) < 4.78 is 4.93. The van der Waals surface area contributed by atoms with Crippen LogP contribution in [0.5, 0.6) is 0 Å². The first-order chi connectivity index (χ1) is 16.4. The Labute approximate surface area is 194 Å². The lowest BCUT2D eigenvalue weighted by atomic mass is 10.1. The molecule has 5 amide bonds. The third-order valence-corrected chi connectivity index (χ3v) is 5.04. The Hall–Kier alpha value is -4.79. The second-order valence-corrected chi connectivity index (χ2v) is 7.33. The summed E-state index contributed by atoms with van der Waals surface area (Å²) in [5.41, 5.74) is 1.91. The topological polar surface area (TPSA) is 122 Å². The first-order valence-electron chi connectivity index (χ1n) is 10.3. The van der Waals surface area contributed by atoms with E-state index in [-0.39, 0.29) is 12.1 Å². The number of benzene rings is 3. The number of nitrogens with zero attached hydrogens (tertiary/aromatic N) is 1. The zero-order valence-electron chi connectivity index (χ0n) is 17.8. The van der Waals surface area contributed by atoms with Crippen molar-refractivity contribution in [3.8, 4) is 0 Å². The lowest BCUT2D eigenvalue weighted by molar-refractivity contribution is -0.123. The van der Waals surface area contributed by atoms with Crippen molar-refractivity contribution in [2.45, 2.75) is 6.54 Å². The SMILES string of the molecule is O=C(COC(=O)c1ccc(N2C(=O)c3ccccc3C2=O)cc1)NC(=O)NCc1ccccc1. The molecule has 1 aliphatic rings. The minimum absolute atomic E-state index is 0.113. The van der Waals surface area contributed by atoms with Gasteiger partial charge in [-0.05, 0) is 42.0 Å². The number of amides is 5. The Balaban J connectivity index is 1.28. The second kappa shape index (κ2) is 9.78. The molecule has 0 unspecified atom stereocenters. The van der Waals surface area contributed by atoms with Crippen LogP contribution in [0.2, 0.25) is 0 Å². The minimum atomic E-state index is -0.797. The van der Waals surface area contributed by atoms with Crippen LogP contribution in [-0.4, -0.2) is 36.3 Å². The van der Waals surface area contributed by atoms with E-state index in [4.69, 9.17) is 4.74 Å². The van der Waals surface area contributed by atoms with Crippen molar-refractivity contribution < 1.29 is 28.7 Å². The Kier molecular flexibility index (Phi) is 6.45. The van der Waals surface area contributed by atoms with Crippen LogP contribution < -0.4 is 15.5 Å². The molecule has 0 spiro atoms. The van der Waals surface area contributed by atoms with Crippen molar-refractivity contribution >= 4 is 35.4 Å². The van der Waals surface area contributed by atoms with Crippen LogP contribution in [0.4, 0.5) is 10.5 Å². The van der Waals surface area contributed by atoms with Gasteiger partial charge in [-0.2, -0.15) is 0 Å². The van der Waals surface area contributed by atoms with Crippen molar-refractivity contribution in [1.82, 2.24) is 10.6 Å². The normalized spacial score (nSPS) is 12.2. The summed E-state index contributed by atoms with van der Waals surface area (Å²) in [4.78, 5) is 62.0. The van der Waals surface area contributed by atoms with Gasteiger partial charge < -0.3 is 10.1 Å². The average molecular weight is 457 g/mol. The van der Waals surface area contributed by atoms with Crippen molar-refractivity contribution in [3.05, 3.63) is 101 Å². The zero-order chi connectivity index (χ0) is 24.1. The average Bonchev–Trinajstić information content (AvgIpc) is 3.12. The van der Waals surface area contributed by atoms with E-state index in [1.165, 1.54) is 24.3 Å². The van der Waals surface area contributed by atoms with Crippen molar-refractivity contribution in [2.75, 3.05) is 11.5 Å². The predicted molar refractivity (Wildman–Crippen MR) is 121 cm³/mol. The highest BCUT2D eigenvalue weighted by atomic mass is 16.5. The highest BCUT2D eigenvalue weighted by Gasteiger charge is 2.36. The number of anilines is 1. The number of hydrogen-bond acceptors (Lipinski definition) is 6. The quantitative estimate of drug-likeness (QED) is 0.434. The Morgan fingerprint density at radius 3 is 1.97 bits per heavy atom. The zero-order valence-corrected chi connectivity index (χ0v) is 17.8. The summed E-state index contributed by atoms with van der Waals surface area (Å²) in [5.74, 6) is -2.48. The van der Waals surface area contributed by atoms with Gasteiger partial charge in [0.1, 0.15) is 0 Å². The Morgan fingerprint density at radius 1 is 0.765 bits per heavy atom. The van der Waals surface area contributed by atoms with E-state index < -0.39 is 36.3 Å². The van der Waals surface area contributed by atoms with E-state index in [9.17, 15) is 24.0 Å². The van der Waals surface area contributed by atoms with Gasteiger partial charge in [0.05, 0.1) is 22.4 Å². The maximum absolute atomic E-state index is 12.6. The fourth-order valence-electron chi connectivity index (χ4n) is 3.37. The molecule has 9 heteroatoms. The molecular weight excluding hydrogens is 438 g/mol.